The van der Waals surface area contributed by atoms with Crippen molar-refractivity contribution in [3.05, 3.63) is 29.6 Å². The minimum absolute atomic E-state index is 0.138. The van der Waals surface area contributed by atoms with Gasteiger partial charge in [-0.2, -0.15) is 0 Å². The van der Waals surface area contributed by atoms with Crippen LogP contribution in [0.5, 0.6) is 5.75 Å². The predicted octanol–water partition coefficient (Wildman–Crippen LogP) is 3.43. The number of hydrogen-bond donors (Lipinski definition) is 2. The second-order valence-electron chi connectivity index (χ2n) is 5.58. The van der Waals surface area contributed by atoms with E-state index in [9.17, 15) is 9.50 Å². The summed E-state index contributed by atoms with van der Waals surface area (Å²) < 4.78 is 18.7. The van der Waals surface area contributed by atoms with E-state index >= 15 is 0 Å². The SMILES string of the molecule is CCCNC(CC)(CO)CCCOc1ccc(F)cc1C. The summed E-state index contributed by atoms with van der Waals surface area (Å²) in [5, 5.41) is 13.1. The minimum atomic E-state index is -0.242. The van der Waals surface area contributed by atoms with Gasteiger partial charge in [0.2, 0.25) is 0 Å². The molecule has 0 aliphatic heterocycles. The largest absolute Gasteiger partial charge is 0.493 e. The van der Waals surface area contributed by atoms with E-state index in [1.165, 1.54) is 12.1 Å². The summed E-state index contributed by atoms with van der Waals surface area (Å²) in [7, 11) is 0. The fraction of sp³-hybridized carbons (Fsp3) is 0.647. The van der Waals surface area contributed by atoms with Crippen molar-refractivity contribution in [3.8, 4) is 5.75 Å². The molecular formula is C17H28FNO2. The minimum Gasteiger partial charge on any atom is -0.493 e. The third kappa shape index (κ3) is 5.64. The number of rotatable bonds is 10. The van der Waals surface area contributed by atoms with Crippen LogP contribution >= 0.6 is 0 Å². The second-order valence-corrected chi connectivity index (χ2v) is 5.58. The Morgan fingerprint density at radius 1 is 1.33 bits per heavy atom. The molecule has 0 fully saturated rings. The van der Waals surface area contributed by atoms with Gasteiger partial charge in [0.1, 0.15) is 11.6 Å². The molecule has 1 rings (SSSR count). The number of aliphatic hydroxyl groups is 1. The first-order valence-corrected chi connectivity index (χ1v) is 7.81. The first-order chi connectivity index (χ1) is 10.1. The van der Waals surface area contributed by atoms with Crippen molar-refractivity contribution >= 4 is 0 Å². The average Bonchev–Trinajstić information content (AvgIpc) is 2.49. The molecule has 0 aliphatic rings. The zero-order chi connectivity index (χ0) is 15.7. The molecule has 0 aromatic heterocycles. The number of halogens is 1. The summed E-state index contributed by atoms with van der Waals surface area (Å²) in [4.78, 5) is 0. The molecule has 2 N–H and O–H groups in total. The van der Waals surface area contributed by atoms with Gasteiger partial charge in [-0.15, -0.1) is 0 Å². The topological polar surface area (TPSA) is 41.5 Å². The van der Waals surface area contributed by atoms with Crippen molar-refractivity contribution < 1.29 is 14.2 Å². The first-order valence-electron chi connectivity index (χ1n) is 7.81. The van der Waals surface area contributed by atoms with Crippen molar-refractivity contribution in [3.63, 3.8) is 0 Å². The van der Waals surface area contributed by atoms with Crippen LogP contribution in [0.25, 0.3) is 0 Å². The number of ether oxygens (including phenoxy) is 1. The van der Waals surface area contributed by atoms with Crippen molar-refractivity contribution in [1.29, 1.82) is 0 Å². The molecule has 0 heterocycles. The van der Waals surface area contributed by atoms with Crippen molar-refractivity contribution in [2.45, 2.75) is 52.0 Å². The van der Waals surface area contributed by atoms with Crippen LogP contribution in [0.4, 0.5) is 4.39 Å². The van der Waals surface area contributed by atoms with Gasteiger partial charge in [0.05, 0.1) is 13.2 Å². The van der Waals surface area contributed by atoms with Gasteiger partial charge in [-0.25, -0.2) is 4.39 Å². The molecule has 1 unspecified atom stereocenters. The van der Waals surface area contributed by atoms with Crippen LogP contribution in [0, 0.1) is 12.7 Å². The van der Waals surface area contributed by atoms with Crippen LogP contribution in [0.3, 0.4) is 0 Å². The molecular weight excluding hydrogens is 269 g/mol. The zero-order valence-corrected chi connectivity index (χ0v) is 13.4. The molecule has 4 heteroatoms. The van der Waals surface area contributed by atoms with Gasteiger partial charge >= 0.3 is 0 Å². The third-order valence-corrected chi connectivity index (χ3v) is 3.92. The molecule has 0 saturated heterocycles. The Balaban J connectivity index is 2.43. The quantitative estimate of drug-likeness (QED) is 0.650. The molecule has 0 aliphatic carbocycles. The Kier molecular flexibility index (Phi) is 7.68. The standard InChI is InChI=1S/C17H28FNO2/c1-4-10-19-17(5-2,13-20)9-6-11-21-16-8-7-15(18)12-14(16)3/h7-8,12,19-20H,4-6,9-11,13H2,1-3H3. The molecule has 120 valence electrons. The number of nitrogens with one attached hydrogen (secondary N) is 1. The molecule has 1 aromatic carbocycles. The molecule has 0 radical (unpaired) electrons. The molecule has 0 spiro atoms. The Morgan fingerprint density at radius 2 is 2.10 bits per heavy atom. The fourth-order valence-electron chi connectivity index (χ4n) is 2.39. The van der Waals surface area contributed by atoms with Crippen molar-refractivity contribution in [1.82, 2.24) is 5.32 Å². The summed E-state index contributed by atoms with van der Waals surface area (Å²) in [6.07, 6.45) is 3.65. The van der Waals surface area contributed by atoms with Gasteiger partial charge in [-0.1, -0.05) is 13.8 Å². The maximum absolute atomic E-state index is 13.0. The van der Waals surface area contributed by atoms with Crippen molar-refractivity contribution in [2.75, 3.05) is 19.8 Å². The van der Waals surface area contributed by atoms with Gasteiger partial charge in [-0.05, 0) is 62.9 Å². The van der Waals surface area contributed by atoms with Crippen LogP contribution in [0.2, 0.25) is 0 Å². The van der Waals surface area contributed by atoms with Crippen LogP contribution in [0.1, 0.15) is 45.1 Å². The summed E-state index contributed by atoms with van der Waals surface area (Å²) in [5.41, 5.74) is 0.597. The highest BCUT2D eigenvalue weighted by Crippen LogP contribution is 2.21. The van der Waals surface area contributed by atoms with Crippen molar-refractivity contribution in [2.24, 2.45) is 0 Å². The van der Waals surface area contributed by atoms with Gasteiger partial charge < -0.3 is 15.2 Å². The van der Waals surface area contributed by atoms with E-state index in [2.05, 4.69) is 19.2 Å². The Hall–Kier alpha value is -1.13. The lowest BCUT2D eigenvalue weighted by atomic mass is 9.91. The second kappa shape index (κ2) is 9.00. The van der Waals surface area contributed by atoms with Crippen LogP contribution in [0.15, 0.2) is 18.2 Å². The van der Waals surface area contributed by atoms with E-state index in [1.54, 1.807) is 6.07 Å². The molecule has 1 aromatic rings. The van der Waals surface area contributed by atoms with Gasteiger partial charge in [0.15, 0.2) is 0 Å². The maximum Gasteiger partial charge on any atom is 0.123 e. The van der Waals surface area contributed by atoms with E-state index < -0.39 is 0 Å². The highest BCUT2D eigenvalue weighted by atomic mass is 19.1. The van der Waals surface area contributed by atoms with Gasteiger partial charge in [0.25, 0.3) is 0 Å². The lowest BCUT2D eigenvalue weighted by Crippen LogP contribution is -2.48. The molecule has 0 bridgehead atoms. The number of aryl methyl sites for hydroxylation is 1. The maximum atomic E-state index is 13.0. The summed E-state index contributed by atoms with van der Waals surface area (Å²) >= 11 is 0. The van der Waals surface area contributed by atoms with Gasteiger partial charge in [0, 0.05) is 5.54 Å². The van der Waals surface area contributed by atoms with Crippen LogP contribution in [-0.4, -0.2) is 30.4 Å². The highest BCUT2D eigenvalue weighted by molar-refractivity contribution is 5.32. The first kappa shape index (κ1) is 17.9. The normalized spacial score (nSPS) is 14.0. The predicted molar refractivity (Wildman–Crippen MR) is 84.3 cm³/mol. The Morgan fingerprint density at radius 3 is 2.67 bits per heavy atom. The van der Waals surface area contributed by atoms with E-state index in [1.807, 2.05) is 6.92 Å². The van der Waals surface area contributed by atoms with Gasteiger partial charge in [-0.3, -0.25) is 0 Å². The van der Waals surface area contributed by atoms with Crippen LogP contribution in [-0.2, 0) is 0 Å². The summed E-state index contributed by atoms with van der Waals surface area (Å²) in [6, 6.07) is 4.55. The van der Waals surface area contributed by atoms with E-state index in [-0.39, 0.29) is 18.0 Å². The number of aliphatic hydroxyl groups excluding tert-OH is 1. The third-order valence-electron chi connectivity index (χ3n) is 3.92. The fourth-order valence-corrected chi connectivity index (χ4v) is 2.39. The monoisotopic (exact) mass is 297 g/mol. The lowest BCUT2D eigenvalue weighted by molar-refractivity contribution is 0.138. The smallest absolute Gasteiger partial charge is 0.123 e. The number of benzene rings is 1. The summed E-state index contributed by atoms with van der Waals surface area (Å²) in [5.74, 6) is 0.484. The Bertz CT molecular complexity index is 419. The molecule has 21 heavy (non-hydrogen) atoms. The average molecular weight is 297 g/mol. The van der Waals surface area contributed by atoms with E-state index in [4.69, 9.17) is 4.74 Å². The van der Waals surface area contributed by atoms with E-state index in [0.29, 0.717) is 6.61 Å². The number of hydrogen-bond acceptors (Lipinski definition) is 3. The Labute approximate surface area is 127 Å². The highest BCUT2D eigenvalue weighted by Gasteiger charge is 2.25. The lowest BCUT2D eigenvalue weighted by Gasteiger charge is -2.32. The molecule has 1 atom stereocenters. The molecule has 3 nitrogen and oxygen atoms in total. The molecule has 0 amide bonds. The zero-order valence-electron chi connectivity index (χ0n) is 13.4. The van der Waals surface area contributed by atoms with E-state index in [0.717, 1.165) is 43.5 Å². The summed E-state index contributed by atoms with van der Waals surface area (Å²) in [6.45, 7) is 7.66. The van der Waals surface area contributed by atoms with Crippen LogP contribution < -0.4 is 10.1 Å². The molecule has 0 saturated carbocycles.